The Bertz CT molecular complexity index is 106. The zero-order valence-corrected chi connectivity index (χ0v) is 6.95. The molecule has 1 N–H and O–H groups in total. The van der Waals surface area contributed by atoms with E-state index in [0.29, 0.717) is 6.10 Å². The molecule has 0 aromatic carbocycles. The summed E-state index contributed by atoms with van der Waals surface area (Å²) in [6.45, 7) is 2.96. The van der Waals surface area contributed by atoms with Gasteiger partial charge in [0.2, 0.25) is 0 Å². The van der Waals surface area contributed by atoms with Crippen LogP contribution in [0.25, 0.3) is 0 Å². The van der Waals surface area contributed by atoms with Gasteiger partial charge in [0.1, 0.15) is 0 Å². The number of hydrogen-bond acceptors (Lipinski definition) is 3. The van der Waals surface area contributed by atoms with Gasteiger partial charge in [0.05, 0.1) is 12.7 Å². The van der Waals surface area contributed by atoms with Crippen molar-refractivity contribution in [1.29, 1.82) is 0 Å². The number of aliphatic hydroxyl groups excluding tert-OH is 1. The van der Waals surface area contributed by atoms with Gasteiger partial charge >= 0.3 is 0 Å². The third-order valence-electron chi connectivity index (χ3n) is 1.86. The van der Waals surface area contributed by atoms with E-state index in [9.17, 15) is 0 Å². The molecular weight excluding hydrogens is 144 g/mol. The Labute approximate surface area is 67.3 Å². The number of ether oxygens (including phenoxy) is 2. The maximum Gasteiger partial charge on any atom is 0.155 e. The Morgan fingerprint density at radius 1 is 1.55 bits per heavy atom. The van der Waals surface area contributed by atoms with Gasteiger partial charge < -0.3 is 14.6 Å². The molecule has 3 nitrogen and oxygen atoms in total. The van der Waals surface area contributed by atoms with E-state index in [4.69, 9.17) is 14.6 Å². The van der Waals surface area contributed by atoms with Gasteiger partial charge in [0.25, 0.3) is 0 Å². The average molecular weight is 160 g/mol. The summed E-state index contributed by atoms with van der Waals surface area (Å²) in [7, 11) is 0. The van der Waals surface area contributed by atoms with Gasteiger partial charge in [-0.3, -0.25) is 0 Å². The molecule has 1 fully saturated rings. The zero-order valence-electron chi connectivity index (χ0n) is 6.95. The normalized spacial score (nSPS) is 32.2. The molecule has 11 heavy (non-hydrogen) atoms. The molecular formula is C8H16O3. The van der Waals surface area contributed by atoms with Crippen LogP contribution in [0.2, 0.25) is 0 Å². The molecule has 66 valence electrons. The van der Waals surface area contributed by atoms with Crippen LogP contribution in [0.4, 0.5) is 0 Å². The molecule has 0 aromatic rings. The van der Waals surface area contributed by atoms with Crippen LogP contribution in [-0.2, 0) is 9.47 Å². The maximum absolute atomic E-state index is 8.58. The lowest BCUT2D eigenvalue weighted by molar-refractivity contribution is -0.204. The summed E-state index contributed by atoms with van der Waals surface area (Å²) in [4.78, 5) is 0. The Kier molecular flexibility index (Phi) is 3.83. The van der Waals surface area contributed by atoms with E-state index in [1.54, 1.807) is 0 Å². The highest BCUT2D eigenvalue weighted by atomic mass is 16.7. The van der Waals surface area contributed by atoms with Crippen LogP contribution in [0.5, 0.6) is 0 Å². The fraction of sp³-hybridized carbons (Fsp3) is 1.00. The molecule has 0 aromatic heterocycles. The minimum Gasteiger partial charge on any atom is -0.396 e. The van der Waals surface area contributed by atoms with Gasteiger partial charge in [0, 0.05) is 6.61 Å². The molecule has 0 spiro atoms. The number of hydrogen-bond donors (Lipinski definition) is 1. The second kappa shape index (κ2) is 4.70. The maximum atomic E-state index is 8.58. The van der Waals surface area contributed by atoms with Gasteiger partial charge in [-0.25, -0.2) is 0 Å². The summed E-state index contributed by atoms with van der Waals surface area (Å²) in [6, 6.07) is 0. The summed E-state index contributed by atoms with van der Waals surface area (Å²) in [5.74, 6) is 0. The smallest absolute Gasteiger partial charge is 0.155 e. The molecule has 2 atom stereocenters. The molecule has 0 aliphatic carbocycles. The largest absolute Gasteiger partial charge is 0.396 e. The minimum absolute atomic E-state index is 0.0626. The summed E-state index contributed by atoms with van der Waals surface area (Å²) in [6.07, 6.45) is 2.98. The number of aliphatic hydroxyl groups is 1. The fourth-order valence-electron chi connectivity index (χ4n) is 1.28. The Morgan fingerprint density at radius 3 is 3.00 bits per heavy atom. The van der Waals surface area contributed by atoms with Crippen molar-refractivity contribution in [1.82, 2.24) is 0 Å². The predicted octanol–water partition coefficient (Wildman–Crippen LogP) is 0.910. The van der Waals surface area contributed by atoms with Gasteiger partial charge in [-0.15, -0.1) is 0 Å². The highest BCUT2D eigenvalue weighted by Gasteiger charge is 2.18. The van der Waals surface area contributed by atoms with Gasteiger partial charge in [-0.2, -0.15) is 0 Å². The van der Waals surface area contributed by atoms with Crippen molar-refractivity contribution in [3.8, 4) is 0 Å². The van der Waals surface area contributed by atoms with Crippen molar-refractivity contribution in [3.63, 3.8) is 0 Å². The van der Waals surface area contributed by atoms with Crippen LogP contribution in [0.15, 0.2) is 0 Å². The monoisotopic (exact) mass is 160 g/mol. The second-order valence-electron chi connectivity index (χ2n) is 2.85. The first kappa shape index (κ1) is 8.97. The first-order chi connectivity index (χ1) is 5.33. The van der Waals surface area contributed by atoms with Crippen LogP contribution in [0.1, 0.15) is 26.2 Å². The molecule has 1 saturated heterocycles. The molecule has 0 unspecified atom stereocenters. The molecule has 1 aliphatic rings. The van der Waals surface area contributed by atoms with Crippen molar-refractivity contribution in [2.24, 2.45) is 0 Å². The average Bonchev–Trinajstić information content (AvgIpc) is 2.01. The lowest BCUT2D eigenvalue weighted by atomic mass is 10.1. The van der Waals surface area contributed by atoms with Gasteiger partial charge in [-0.05, 0) is 26.2 Å². The van der Waals surface area contributed by atoms with Crippen LogP contribution in [-0.4, -0.2) is 30.7 Å². The van der Waals surface area contributed by atoms with Crippen molar-refractivity contribution in [3.05, 3.63) is 0 Å². The van der Waals surface area contributed by atoms with E-state index < -0.39 is 0 Å². The van der Waals surface area contributed by atoms with E-state index >= 15 is 0 Å². The molecule has 0 saturated carbocycles. The standard InChI is InChI=1S/C8H16O3/c1-7-10-6-4-8(11-7)3-2-5-9/h7-9H,2-6H2,1H3/t7-,8+/m1/s1. The Balaban J connectivity index is 2.12. The van der Waals surface area contributed by atoms with Crippen molar-refractivity contribution in [2.75, 3.05) is 13.2 Å². The van der Waals surface area contributed by atoms with Crippen LogP contribution in [0.3, 0.4) is 0 Å². The lowest BCUT2D eigenvalue weighted by Crippen LogP contribution is -2.30. The summed E-state index contributed by atoms with van der Waals surface area (Å²) >= 11 is 0. The Hall–Kier alpha value is -0.120. The van der Waals surface area contributed by atoms with Crippen LogP contribution in [0, 0.1) is 0 Å². The van der Waals surface area contributed by atoms with Crippen molar-refractivity contribution < 1.29 is 14.6 Å². The minimum atomic E-state index is -0.0626. The third-order valence-corrected chi connectivity index (χ3v) is 1.86. The van der Waals surface area contributed by atoms with Gasteiger partial charge in [0.15, 0.2) is 6.29 Å². The quantitative estimate of drug-likeness (QED) is 0.667. The Morgan fingerprint density at radius 2 is 2.36 bits per heavy atom. The molecule has 0 bridgehead atoms. The highest BCUT2D eigenvalue weighted by Crippen LogP contribution is 2.15. The molecule has 1 aliphatic heterocycles. The van der Waals surface area contributed by atoms with E-state index in [1.807, 2.05) is 6.92 Å². The summed E-state index contributed by atoms with van der Waals surface area (Å²) in [5.41, 5.74) is 0. The van der Waals surface area contributed by atoms with E-state index in [-0.39, 0.29) is 12.9 Å². The molecule has 1 heterocycles. The molecule has 3 heteroatoms. The molecule has 1 rings (SSSR count). The second-order valence-corrected chi connectivity index (χ2v) is 2.85. The SMILES string of the molecule is C[C@@H]1OCC[C@H](CCCO)O1. The van der Waals surface area contributed by atoms with E-state index in [2.05, 4.69) is 0 Å². The van der Waals surface area contributed by atoms with E-state index in [1.165, 1.54) is 0 Å². The topological polar surface area (TPSA) is 38.7 Å². The fourth-order valence-corrected chi connectivity index (χ4v) is 1.28. The first-order valence-corrected chi connectivity index (χ1v) is 4.21. The van der Waals surface area contributed by atoms with E-state index in [0.717, 1.165) is 25.9 Å². The predicted molar refractivity (Wildman–Crippen MR) is 41.2 cm³/mol. The molecule has 0 radical (unpaired) electrons. The third kappa shape index (κ3) is 3.18. The van der Waals surface area contributed by atoms with Crippen molar-refractivity contribution >= 4 is 0 Å². The zero-order chi connectivity index (χ0) is 8.10. The lowest BCUT2D eigenvalue weighted by Gasteiger charge is -2.27. The first-order valence-electron chi connectivity index (χ1n) is 4.21. The number of rotatable bonds is 3. The molecule has 0 amide bonds. The highest BCUT2D eigenvalue weighted by molar-refractivity contribution is 4.62. The summed E-state index contributed by atoms with van der Waals surface area (Å²) < 4.78 is 10.7. The van der Waals surface area contributed by atoms with Crippen LogP contribution >= 0.6 is 0 Å². The summed E-state index contributed by atoms with van der Waals surface area (Å²) in [5, 5.41) is 8.58. The van der Waals surface area contributed by atoms with Gasteiger partial charge in [-0.1, -0.05) is 0 Å². The van der Waals surface area contributed by atoms with Crippen LogP contribution < -0.4 is 0 Å². The van der Waals surface area contributed by atoms with Crippen molar-refractivity contribution in [2.45, 2.75) is 38.6 Å².